The standard InChI is InChI=1S/C21H25ClN2O4/c1-15-13-17(22)9-10-19(15)28-12-4-7-20(25)23-24-21(26)11-8-16-5-3-6-18(14-16)27-2/h3,5-6,9-10,13-14H,4,7-8,11-12H2,1-2H3,(H,23,25)(H,24,26). The summed E-state index contributed by atoms with van der Waals surface area (Å²) in [4.78, 5) is 23.7. The molecule has 0 aliphatic carbocycles. The highest BCUT2D eigenvalue weighted by molar-refractivity contribution is 6.30. The second-order valence-corrected chi connectivity index (χ2v) is 6.75. The van der Waals surface area contributed by atoms with Crippen LogP contribution in [-0.2, 0) is 16.0 Å². The quantitative estimate of drug-likeness (QED) is 0.494. The van der Waals surface area contributed by atoms with Gasteiger partial charge in [0.15, 0.2) is 0 Å². The number of carbonyl (C=O) groups excluding carboxylic acids is 2. The maximum atomic E-state index is 11.9. The minimum absolute atomic E-state index is 0.246. The molecule has 28 heavy (non-hydrogen) atoms. The zero-order valence-corrected chi connectivity index (χ0v) is 16.8. The average Bonchev–Trinajstić information content (AvgIpc) is 2.69. The van der Waals surface area contributed by atoms with E-state index >= 15 is 0 Å². The fraction of sp³-hybridized carbons (Fsp3) is 0.333. The topological polar surface area (TPSA) is 76.7 Å². The summed E-state index contributed by atoms with van der Waals surface area (Å²) in [5.41, 5.74) is 6.79. The molecule has 0 atom stereocenters. The second-order valence-electron chi connectivity index (χ2n) is 6.31. The van der Waals surface area contributed by atoms with Gasteiger partial charge in [0.1, 0.15) is 11.5 Å². The van der Waals surface area contributed by atoms with Crippen LogP contribution >= 0.6 is 11.6 Å². The zero-order valence-electron chi connectivity index (χ0n) is 16.1. The van der Waals surface area contributed by atoms with Crippen molar-refractivity contribution in [2.45, 2.75) is 32.6 Å². The van der Waals surface area contributed by atoms with Crippen molar-refractivity contribution in [3.05, 3.63) is 58.6 Å². The molecule has 0 radical (unpaired) electrons. The van der Waals surface area contributed by atoms with Gasteiger partial charge in [-0.05, 0) is 61.2 Å². The number of benzene rings is 2. The van der Waals surface area contributed by atoms with Crippen LogP contribution in [0.2, 0.25) is 5.02 Å². The summed E-state index contributed by atoms with van der Waals surface area (Å²) in [5, 5.41) is 0.659. The van der Waals surface area contributed by atoms with E-state index in [0.29, 0.717) is 24.5 Å². The fourth-order valence-electron chi connectivity index (χ4n) is 2.54. The van der Waals surface area contributed by atoms with Crippen LogP contribution in [0.3, 0.4) is 0 Å². The molecule has 0 aliphatic heterocycles. The Labute approximate surface area is 170 Å². The van der Waals surface area contributed by atoms with Crippen LogP contribution < -0.4 is 20.3 Å². The number of hydrogen-bond donors (Lipinski definition) is 2. The molecular formula is C21H25ClN2O4. The Morgan fingerprint density at radius 1 is 1.04 bits per heavy atom. The highest BCUT2D eigenvalue weighted by Gasteiger charge is 2.07. The lowest BCUT2D eigenvalue weighted by atomic mass is 10.1. The Bertz CT molecular complexity index is 811. The van der Waals surface area contributed by atoms with E-state index in [1.54, 1.807) is 19.2 Å². The van der Waals surface area contributed by atoms with Crippen molar-refractivity contribution in [1.82, 2.24) is 10.9 Å². The summed E-state index contributed by atoms with van der Waals surface area (Å²) in [6, 6.07) is 12.9. The van der Waals surface area contributed by atoms with Crippen molar-refractivity contribution in [3.8, 4) is 11.5 Å². The van der Waals surface area contributed by atoms with Gasteiger partial charge in [0, 0.05) is 17.9 Å². The van der Waals surface area contributed by atoms with Crippen molar-refractivity contribution in [2.24, 2.45) is 0 Å². The van der Waals surface area contributed by atoms with Crippen molar-refractivity contribution in [2.75, 3.05) is 13.7 Å². The van der Waals surface area contributed by atoms with E-state index in [1.807, 2.05) is 37.3 Å². The van der Waals surface area contributed by atoms with Gasteiger partial charge >= 0.3 is 0 Å². The Kier molecular flexibility index (Phi) is 8.62. The summed E-state index contributed by atoms with van der Waals surface area (Å²) in [5.74, 6) is 0.994. The summed E-state index contributed by atoms with van der Waals surface area (Å²) in [6.45, 7) is 2.31. The largest absolute Gasteiger partial charge is 0.497 e. The molecule has 0 saturated heterocycles. The lowest BCUT2D eigenvalue weighted by molar-refractivity contribution is -0.129. The van der Waals surface area contributed by atoms with Crippen molar-refractivity contribution >= 4 is 23.4 Å². The summed E-state index contributed by atoms with van der Waals surface area (Å²) >= 11 is 5.90. The van der Waals surface area contributed by atoms with E-state index in [1.165, 1.54) is 0 Å². The number of halogens is 1. The molecule has 0 spiro atoms. The van der Waals surface area contributed by atoms with Gasteiger partial charge in [-0.15, -0.1) is 0 Å². The molecular weight excluding hydrogens is 380 g/mol. The molecule has 0 heterocycles. The number of aryl methyl sites for hydroxylation is 2. The first kappa shape index (κ1) is 21.6. The first-order valence-corrected chi connectivity index (χ1v) is 9.45. The van der Waals surface area contributed by atoms with Crippen LogP contribution in [0.1, 0.15) is 30.4 Å². The molecule has 0 saturated carbocycles. The van der Waals surface area contributed by atoms with Gasteiger partial charge in [-0.1, -0.05) is 23.7 Å². The van der Waals surface area contributed by atoms with Gasteiger partial charge in [-0.3, -0.25) is 20.4 Å². The highest BCUT2D eigenvalue weighted by atomic mass is 35.5. The first-order valence-electron chi connectivity index (χ1n) is 9.07. The molecule has 0 aliphatic rings. The molecule has 2 N–H and O–H groups in total. The molecule has 150 valence electrons. The number of amides is 2. The van der Waals surface area contributed by atoms with Gasteiger partial charge in [-0.2, -0.15) is 0 Å². The molecule has 0 aromatic heterocycles. The van der Waals surface area contributed by atoms with Crippen LogP contribution in [0.5, 0.6) is 11.5 Å². The zero-order chi connectivity index (χ0) is 20.4. The lowest BCUT2D eigenvalue weighted by Crippen LogP contribution is -2.41. The molecule has 7 heteroatoms. The van der Waals surface area contributed by atoms with Gasteiger partial charge in [0.05, 0.1) is 13.7 Å². The molecule has 6 nitrogen and oxygen atoms in total. The molecule has 0 unspecified atom stereocenters. The van der Waals surface area contributed by atoms with Crippen LogP contribution in [0, 0.1) is 6.92 Å². The average molecular weight is 405 g/mol. The molecule has 2 aromatic rings. The SMILES string of the molecule is COc1cccc(CCC(=O)NNC(=O)CCCOc2ccc(Cl)cc2C)c1. The highest BCUT2D eigenvalue weighted by Crippen LogP contribution is 2.21. The number of nitrogens with one attached hydrogen (secondary N) is 2. The Hall–Kier alpha value is -2.73. The molecule has 0 bridgehead atoms. The second kappa shape index (κ2) is 11.2. The number of carbonyl (C=O) groups is 2. The van der Waals surface area contributed by atoms with Crippen molar-refractivity contribution in [3.63, 3.8) is 0 Å². The van der Waals surface area contributed by atoms with E-state index < -0.39 is 0 Å². The molecule has 2 aromatic carbocycles. The van der Waals surface area contributed by atoms with Crippen LogP contribution in [-0.4, -0.2) is 25.5 Å². The van der Waals surface area contributed by atoms with E-state index in [0.717, 1.165) is 22.6 Å². The Morgan fingerprint density at radius 2 is 1.79 bits per heavy atom. The summed E-state index contributed by atoms with van der Waals surface area (Å²) in [6.07, 6.45) is 1.62. The van der Waals surface area contributed by atoms with Gasteiger partial charge < -0.3 is 9.47 Å². The maximum absolute atomic E-state index is 11.9. The van der Waals surface area contributed by atoms with Crippen molar-refractivity contribution in [1.29, 1.82) is 0 Å². The molecule has 2 rings (SSSR count). The molecule has 2 amide bonds. The third-order valence-corrected chi connectivity index (χ3v) is 4.29. The van der Waals surface area contributed by atoms with E-state index in [4.69, 9.17) is 21.1 Å². The molecule has 0 fully saturated rings. The third-order valence-electron chi connectivity index (χ3n) is 4.06. The predicted molar refractivity (Wildman–Crippen MR) is 109 cm³/mol. The van der Waals surface area contributed by atoms with Crippen LogP contribution in [0.4, 0.5) is 0 Å². The van der Waals surface area contributed by atoms with E-state index in [-0.39, 0.29) is 24.7 Å². The summed E-state index contributed by atoms with van der Waals surface area (Å²) in [7, 11) is 1.60. The smallest absolute Gasteiger partial charge is 0.238 e. The normalized spacial score (nSPS) is 10.2. The number of hydrazine groups is 1. The first-order chi connectivity index (χ1) is 13.5. The fourth-order valence-corrected chi connectivity index (χ4v) is 2.77. The lowest BCUT2D eigenvalue weighted by Gasteiger charge is -2.10. The van der Waals surface area contributed by atoms with Crippen LogP contribution in [0.15, 0.2) is 42.5 Å². The number of ether oxygens (including phenoxy) is 2. The van der Waals surface area contributed by atoms with E-state index in [9.17, 15) is 9.59 Å². The van der Waals surface area contributed by atoms with Gasteiger partial charge in [0.25, 0.3) is 0 Å². The summed E-state index contributed by atoms with van der Waals surface area (Å²) < 4.78 is 10.8. The Morgan fingerprint density at radius 3 is 2.50 bits per heavy atom. The minimum atomic E-state index is -0.258. The maximum Gasteiger partial charge on any atom is 0.238 e. The Balaban J connectivity index is 1.60. The number of rotatable bonds is 9. The number of methoxy groups -OCH3 is 1. The van der Waals surface area contributed by atoms with Gasteiger partial charge in [-0.25, -0.2) is 0 Å². The minimum Gasteiger partial charge on any atom is -0.497 e. The predicted octanol–water partition coefficient (Wildman–Crippen LogP) is 3.60. The van der Waals surface area contributed by atoms with Gasteiger partial charge in [0.2, 0.25) is 11.8 Å². The van der Waals surface area contributed by atoms with E-state index in [2.05, 4.69) is 10.9 Å². The monoisotopic (exact) mass is 404 g/mol. The number of hydrogen-bond acceptors (Lipinski definition) is 4. The van der Waals surface area contributed by atoms with Crippen molar-refractivity contribution < 1.29 is 19.1 Å². The van der Waals surface area contributed by atoms with Crippen LogP contribution in [0.25, 0.3) is 0 Å². The third kappa shape index (κ3) is 7.48.